The first-order valence-corrected chi connectivity index (χ1v) is 5.72. The van der Waals surface area contributed by atoms with Gasteiger partial charge in [-0.15, -0.1) is 0 Å². The lowest BCUT2D eigenvalue weighted by Gasteiger charge is -2.18. The molecule has 12 heavy (non-hydrogen) atoms. The Morgan fingerprint density at radius 3 is 2.25 bits per heavy atom. The van der Waals surface area contributed by atoms with Crippen LogP contribution in [0.1, 0.15) is 32.1 Å². The summed E-state index contributed by atoms with van der Waals surface area (Å²) in [4.78, 5) is 9.90. The molecule has 1 rings (SSSR count). The molecule has 1 fully saturated rings. The van der Waals surface area contributed by atoms with Gasteiger partial charge in [0.15, 0.2) is 9.84 Å². The van der Waals surface area contributed by atoms with Crippen LogP contribution in [-0.2, 0) is 14.6 Å². The van der Waals surface area contributed by atoms with Crippen LogP contribution in [0.4, 0.5) is 0 Å². The minimum absolute atomic E-state index is 0.326. The molecule has 0 unspecified atom stereocenters. The molecule has 0 N–H and O–H groups in total. The average molecular weight is 188 g/mol. The highest BCUT2D eigenvalue weighted by molar-refractivity contribution is 7.95. The van der Waals surface area contributed by atoms with Crippen molar-refractivity contribution >= 4 is 15.8 Å². The van der Waals surface area contributed by atoms with Crippen LogP contribution in [0.2, 0.25) is 0 Å². The zero-order valence-corrected chi connectivity index (χ0v) is 7.64. The van der Waals surface area contributed by atoms with Crippen LogP contribution in [0.3, 0.4) is 0 Å². The summed E-state index contributed by atoms with van der Waals surface area (Å²) < 4.78 is 22.5. The molecule has 0 amide bonds. The van der Waals surface area contributed by atoms with E-state index in [1.54, 1.807) is 0 Å². The minimum Gasteiger partial charge on any atom is -0.233 e. The highest BCUT2D eigenvalue weighted by Gasteiger charge is 2.25. The van der Waals surface area contributed by atoms with Gasteiger partial charge in [0.2, 0.25) is 0 Å². The highest BCUT2D eigenvalue weighted by Crippen LogP contribution is 2.24. The van der Waals surface area contributed by atoms with Crippen molar-refractivity contribution in [3.8, 4) is 0 Å². The summed E-state index contributed by atoms with van der Waals surface area (Å²) in [5, 5.41) is 0.343. The van der Waals surface area contributed by atoms with Gasteiger partial charge in [0.1, 0.15) is 11.3 Å². The van der Waals surface area contributed by atoms with Crippen LogP contribution in [0, 0.1) is 0 Å². The van der Waals surface area contributed by atoms with Crippen molar-refractivity contribution in [2.24, 2.45) is 0 Å². The van der Waals surface area contributed by atoms with Crippen LogP contribution in [0.25, 0.3) is 0 Å². The lowest BCUT2D eigenvalue weighted by Crippen LogP contribution is -2.21. The van der Waals surface area contributed by atoms with Gasteiger partial charge in [-0.25, -0.2) is 13.2 Å². The Morgan fingerprint density at radius 1 is 1.17 bits per heavy atom. The van der Waals surface area contributed by atoms with Crippen LogP contribution < -0.4 is 0 Å². The molecule has 1 saturated carbocycles. The SMILES string of the molecule is O=C=CS(=O)(=O)C1CCCCC1. The first kappa shape index (κ1) is 9.49. The van der Waals surface area contributed by atoms with E-state index in [1.807, 2.05) is 0 Å². The zero-order chi connectivity index (χ0) is 9.03. The molecule has 0 saturated heterocycles. The fraction of sp³-hybridized carbons (Fsp3) is 0.750. The van der Waals surface area contributed by atoms with Gasteiger partial charge in [0.05, 0.1) is 5.25 Å². The number of hydrogen-bond donors (Lipinski definition) is 0. The fourth-order valence-corrected chi connectivity index (χ4v) is 2.87. The van der Waals surface area contributed by atoms with Crippen molar-refractivity contribution in [2.75, 3.05) is 0 Å². The molecule has 1 aliphatic rings. The second-order valence-corrected chi connectivity index (χ2v) is 5.17. The Kier molecular flexibility index (Phi) is 3.06. The highest BCUT2D eigenvalue weighted by atomic mass is 32.2. The van der Waals surface area contributed by atoms with Crippen molar-refractivity contribution in [2.45, 2.75) is 37.4 Å². The average Bonchev–Trinajstić information content (AvgIpc) is 2.06. The largest absolute Gasteiger partial charge is 0.233 e. The topological polar surface area (TPSA) is 51.2 Å². The minimum atomic E-state index is -3.28. The number of rotatable bonds is 2. The monoisotopic (exact) mass is 188 g/mol. The normalized spacial score (nSPS) is 20.0. The molecule has 0 aromatic carbocycles. The van der Waals surface area contributed by atoms with Gasteiger partial charge >= 0.3 is 0 Å². The Labute approximate surface area is 72.4 Å². The molecule has 0 heterocycles. The summed E-state index contributed by atoms with van der Waals surface area (Å²) in [6.07, 6.45) is 4.41. The third kappa shape index (κ3) is 2.19. The summed E-state index contributed by atoms with van der Waals surface area (Å²) >= 11 is 0. The fourth-order valence-electron chi connectivity index (χ4n) is 1.56. The molecular weight excluding hydrogens is 176 g/mol. The maximum atomic E-state index is 11.3. The second-order valence-electron chi connectivity index (χ2n) is 3.08. The molecule has 3 nitrogen and oxygen atoms in total. The molecular formula is C8H12O3S. The Hall–Kier alpha value is -0.600. The third-order valence-electron chi connectivity index (χ3n) is 2.23. The van der Waals surface area contributed by atoms with Crippen LogP contribution in [0.5, 0.6) is 0 Å². The molecule has 1 aliphatic carbocycles. The maximum Gasteiger partial charge on any atom is 0.184 e. The number of carbonyl (C=O) groups excluding carboxylic acids is 1. The van der Waals surface area contributed by atoms with Crippen molar-refractivity contribution in [3.63, 3.8) is 0 Å². The van der Waals surface area contributed by atoms with Crippen molar-refractivity contribution in [1.29, 1.82) is 0 Å². The lowest BCUT2D eigenvalue weighted by molar-refractivity contribution is 0.487. The van der Waals surface area contributed by atoms with Crippen molar-refractivity contribution in [3.05, 3.63) is 5.41 Å². The molecule has 0 aromatic rings. The van der Waals surface area contributed by atoms with Crippen molar-refractivity contribution < 1.29 is 13.2 Å². The quantitative estimate of drug-likeness (QED) is 0.609. The lowest BCUT2D eigenvalue weighted by atomic mass is 10.0. The summed E-state index contributed by atoms with van der Waals surface area (Å²) in [7, 11) is -3.28. The zero-order valence-electron chi connectivity index (χ0n) is 6.82. The van der Waals surface area contributed by atoms with Gasteiger partial charge in [0.25, 0.3) is 0 Å². The third-order valence-corrected chi connectivity index (χ3v) is 4.05. The van der Waals surface area contributed by atoms with E-state index in [1.165, 1.54) is 5.94 Å². The van der Waals surface area contributed by atoms with Gasteiger partial charge in [-0.2, -0.15) is 0 Å². The molecule has 0 aliphatic heterocycles. The number of hydrogen-bond acceptors (Lipinski definition) is 3. The Balaban J connectivity index is 2.73. The van der Waals surface area contributed by atoms with E-state index in [2.05, 4.69) is 0 Å². The van der Waals surface area contributed by atoms with Crippen LogP contribution in [0.15, 0.2) is 5.41 Å². The van der Waals surface area contributed by atoms with E-state index in [4.69, 9.17) is 0 Å². The van der Waals surface area contributed by atoms with Crippen LogP contribution in [-0.4, -0.2) is 19.6 Å². The van der Waals surface area contributed by atoms with E-state index in [0.29, 0.717) is 18.2 Å². The van der Waals surface area contributed by atoms with Gasteiger partial charge < -0.3 is 0 Å². The summed E-state index contributed by atoms with van der Waals surface area (Å²) in [6.45, 7) is 0. The number of sulfone groups is 1. The van der Waals surface area contributed by atoms with E-state index in [0.717, 1.165) is 19.3 Å². The molecule has 0 radical (unpaired) electrons. The summed E-state index contributed by atoms with van der Waals surface area (Å²) in [5.41, 5.74) is 0. The van der Waals surface area contributed by atoms with E-state index < -0.39 is 9.84 Å². The standard InChI is InChI=1S/C8H12O3S/c9-6-7-12(10,11)8-4-2-1-3-5-8/h7-8H,1-5H2. The maximum absolute atomic E-state index is 11.3. The molecule has 4 heteroatoms. The van der Waals surface area contributed by atoms with Gasteiger partial charge in [-0.05, 0) is 12.8 Å². The van der Waals surface area contributed by atoms with E-state index in [9.17, 15) is 13.2 Å². The smallest absolute Gasteiger partial charge is 0.184 e. The summed E-state index contributed by atoms with van der Waals surface area (Å²) in [5.74, 6) is 1.34. The molecule has 0 atom stereocenters. The van der Waals surface area contributed by atoms with Crippen LogP contribution >= 0.6 is 0 Å². The van der Waals surface area contributed by atoms with Gasteiger partial charge in [0, 0.05) is 0 Å². The first-order valence-electron chi connectivity index (χ1n) is 4.11. The molecule has 0 spiro atoms. The van der Waals surface area contributed by atoms with Gasteiger partial charge in [-0.1, -0.05) is 19.3 Å². The molecule has 0 aromatic heterocycles. The predicted octanol–water partition coefficient (Wildman–Crippen LogP) is 1.08. The predicted molar refractivity (Wildman–Crippen MR) is 46.1 cm³/mol. The van der Waals surface area contributed by atoms with Crippen molar-refractivity contribution in [1.82, 2.24) is 0 Å². The Bertz CT molecular complexity index is 279. The first-order chi connectivity index (χ1) is 5.67. The van der Waals surface area contributed by atoms with Gasteiger partial charge in [-0.3, -0.25) is 0 Å². The molecule has 0 bridgehead atoms. The summed E-state index contributed by atoms with van der Waals surface area (Å²) in [6, 6.07) is 0. The molecule has 68 valence electrons. The van der Waals surface area contributed by atoms with E-state index >= 15 is 0 Å². The van der Waals surface area contributed by atoms with E-state index in [-0.39, 0.29) is 5.25 Å². The second kappa shape index (κ2) is 3.87. The Morgan fingerprint density at radius 2 is 1.75 bits per heavy atom.